The standard InChI is InChI=1S/C23H14FN7O2/c24-14-3-11(4-15(32)7-14)17-1-2-26-22-19(17)28-23(29-22)20-18-6-13(9-27-21(18)31-30-20)12-5-16(33)10-25-8-12/h1-10,32-33H,(H,26,28,29)(H,27,30,31). The van der Waals surface area contributed by atoms with Crippen LogP contribution in [-0.4, -0.2) is 45.3 Å². The maximum atomic E-state index is 13.9. The second-order valence-electron chi connectivity index (χ2n) is 7.46. The number of nitrogens with one attached hydrogen (secondary N) is 2. The van der Waals surface area contributed by atoms with E-state index in [2.05, 4.69) is 35.1 Å². The lowest BCUT2D eigenvalue weighted by Crippen LogP contribution is -1.85. The maximum absolute atomic E-state index is 13.9. The van der Waals surface area contributed by atoms with Crippen LogP contribution in [-0.2, 0) is 0 Å². The van der Waals surface area contributed by atoms with Gasteiger partial charge in [-0.15, -0.1) is 0 Å². The van der Waals surface area contributed by atoms with Crippen LogP contribution in [0.3, 0.4) is 0 Å². The number of phenols is 1. The summed E-state index contributed by atoms with van der Waals surface area (Å²) in [4.78, 5) is 20.6. The highest BCUT2D eigenvalue weighted by Gasteiger charge is 2.17. The van der Waals surface area contributed by atoms with E-state index >= 15 is 0 Å². The number of hydrogen-bond donors (Lipinski definition) is 4. The van der Waals surface area contributed by atoms with E-state index in [1.165, 1.54) is 18.3 Å². The first-order chi connectivity index (χ1) is 16.0. The van der Waals surface area contributed by atoms with Crippen LogP contribution in [0.25, 0.3) is 56.0 Å². The zero-order valence-electron chi connectivity index (χ0n) is 16.8. The summed E-state index contributed by atoms with van der Waals surface area (Å²) in [6, 6.07) is 9.02. The third kappa shape index (κ3) is 3.21. The van der Waals surface area contributed by atoms with E-state index in [-0.39, 0.29) is 11.5 Å². The highest BCUT2D eigenvalue weighted by Crippen LogP contribution is 2.33. The average Bonchev–Trinajstić information content (AvgIpc) is 3.41. The van der Waals surface area contributed by atoms with Crippen LogP contribution < -0.4 is 0 Å². The molecule has 0 spiro atoms. The van der Waals surface area contributed by atoms with Crippen molar-refractivity contribution in [2.24, 2.45) is 0 Å². The first kappa shape index (κ1) is 18.9. The molecule has 5 heterocycles. The van der Waals surface area contributed by atoms with Crippen LogP contribution in [0, 0.1) is 5.82 Å². The monoisotopic (exact) mass is 439 g/mol. The van der Waals surface area contributed by atoms with Crippen LogP contribution in [0.5, 0.6) is 11.5 Å². The number of pyridine rings is 3. The number of imidazole rings is 1. The molecule has 33 heavy (non-hydrogen) atoms. The number of benzene rings is 1. The van der Waals surface area contributed by atoms with Gasteiger partial charge >= 0.3 is 0 Å². The van der Waals surface area contributed by atoms with E-state index in [0.717, 1.165) is 11.6 Å². The van der Waals surface area contributed by atoms with Crippen molar-refractivity contribution >= 4 is 22.2 Å². The minimum Gasteiger partial charge on any atom is -0.508 e. The van der Waals surface area contributed by atoms with Gasteiger partial charge in [-0.1, -0.05) is 0 Å². The lowest BCUT2D eigenvalue weighted by Gasteiger charge is -2.03. The van der Waals surface area contributed by atoms with Crippen LogP contribution in [0.15, 0.2) is 61.2 Å². The van der Waals surface area contributed by atoms with Crippen molar-refractivity contribution in [2.45, 2.75) is 0 Å². The first-order valence-electron chi connectivity index (χ1n) is 9.89. The summed E-state index contributed by atoms with van der Waals surface area (Å²) in [5.74, 6) is -0.225. The number of aromatic amines is 2. The Hall–Kier alpha value is -4.86. The molecule has 9 nitrogen and oxygen atoms in total. The molecule has 4 N–H and O–H groups in total. The van der Waals surface area contributed by atoms with Gasteiger partial charge in [-0.3, -0.25) is 10.1 Å². The number of fused-ring (bicyclic) bond motifs is 2. The molecule has 0 radical (unpaired) electrons. The molecule has 0 aliphatic carbocycles. The molecular formula is C23H14FN7O2. The van der Waals surface area contributed by atoms with E-state index in [4.69, 9.17) is 0 Å². The molecule has 0 saturated carbocycles. The van der Waals surface area contributed by atoms with Gasteiger partial charge in [-0.2, -0.15) is 5.10 Å². The van der Waals surface area contributed by atoms with Crippen molar-refractivity contribution < 1.29 is 14.6 Å². The second kappa shape index (κ2) is 7.09. The summed E-state index contributed by atoms with van der Waals surface area (Å²) < 4.78 is 13.9. The lowest BCUT2D eigenvalue weighted by atomic mass is 10.1. The Balaban J connectivity index is 1.51. The van der Waals surface area contributed by atoms with Gasteiger partial charge in [0.15, 0.2) is 17.1 Å². The molecule has 0 amide bonds. The molecule has 6 aromatic rings. The van der Waals surface area contributed by atoms with Crippen molar-refractivity contribution in [3.63, 3.8) is 0 Å². The number of rotatable bonds is 3. The number of H-pyrrole nitrogens is 2. The molecule has 0 aliphatic rings. The fourth-order valence-corrected chi connectivity index (χ4v) is 3.81. The van der Waals surface area contributed by atoms with Gasteiger partial charge in [-0.25, -0.2) is 19.3 Å². The third-order valence-corrected chi connectivity index (χ3v) is 5.28. The average molecular weight is 439 g/mol. The molecule has 160 valence electrons. The summed E-state index contributed by atoms with van der Waals surface area (Å²) in [5, 5.41) is 27.5. The van der Waals surface area contributed by atoms with E-state index in [0.29, 0.717) is 50.4 Å². The van der Waals surface area contributed by atoms with Crippen LogP contribution in [0.2, 0.25) is 0 Å². The summed E-state index contributed by atoms with van der Waals surface area (Å²) in [6.45, 7) is 0. The third-order valence-electron chi connectivity index (χ3n) is 5.28. The predicted molar refractivity (Wildman–Crippen MR) is 119 cm³/mol. The Labute approximate surface area is 184 Å². The topological polar surface area (TPSA) is 136 Å². The molecule has 0 atom stereocenters. The molecule has 0 saturated heterocycles. The van der Waals surface area contributed by atoms with Crippen molar-refractivity contribution in [2.75, 3.05) is 0 Å². The van der Waals surface area contributed by atoms with Crippen molar-refractivity contribution in [3.05, 3.63) is 67.0 Å². The number of aromatic hydroxyl groups is 2. The van der Waals surface area contributed by atoms with Gasteiger partial charge in [0, 0.05) is 41.3 Å². The summed E-state index contributed by atoms with van der Waals surface area (Å²) in [5.41, 5.74) is 4.63. The number of phenolic OH excluding ortho intramolecular Hbond substituents is 1. The predicted octanol–water partition coefficient (Wildman–Crippen LogP) is 4.18. The largest absolute Gasteiger partial charge is 0.508 e. The van der Waals surface area contributed by atoms with Gasteiger partial charge in [0.05, 0.1) is 11.6 Å². The van der Waals surface area contributed by atoms with Crippen molar-refractivity contribution in [1.82, 2.24) is 35.1 Å². The summed E-state index contributed by atoms with van der Waals surface area (Å²) in [7, 11) is 0. The van der Waals surface area contributed by atoms with Gasteiger partial charge in [0.1, 0.15) is 28.5 Å². The Kier molecular flexibility index (Phi) is 4.06. The molecule has 5 aromatic heterocycles. The zero-order chi connectivity index (χ0) is 22.5. The van der Waals surface area contributed by atoms with Crippen LogP contribution in [0.1, 0.15) is 0 Å². The normalized spacial score (nSPS) is 11.4. The van der Waals surface area contributed by atoms with Crippen molar-refractivity contribution in [3.8, 4) is 45.3 Å². The highest BCUT2D eigenvalue weighted by molar-refractivity contribution is 5.96. The molecule has 0 fully saturated rings. The van der Waals surface area contributed by atoms with E-state index in [9.17, 15) is 14.6 Å². The summed E-state index contributed by atoms with van der Waals surface area (Å²) >= 11 is 0. The van der Waals surface area contributed by atoms with Gasteiger partial charge < -0.3 is 15.2 Å². The minimum absolute atomic E-state index is 0.0549. The molecule has 10 heteroatoms. The molecule has 0 bridgehead atoms. The van der Waals surface area contributed by atoms with Gasteiger partial charge in [0.2, 0.25) is 0 Å². The number of nitrogens with zero attached hydrogens (tertiary/aromatic N) is 5. The quantitative estimate of drug-likeness (QED) is 0.325. The van der Waals surface area contributed by atoms with Gasteiger partial charge in [0.25, 0.3) is 0 Å². The van der Waals surface area contributed by atoms with E-state index < -0.39 is 5.82 Å². The Bertz CT molecular complexity index is 1650. The number of halogens is 1. The van der Waals surface area contributed by atoms with E-state index in [1.807, 2.05) is 6.07 Å². The smallest absolute Gasteiger partial charge is 0.161 e. The zero-order valence-corrected chi connectivity index (χ0v) is 16.8. The number of hydrogen-bond acceptors (Lipinski definition) is 7. The molecular weight excluding hydrogens is 425 g/mol. The molecule has 0 aliphatic heterocycles. The fourth-order valence-electron chi connectivity index (χ4n) is 3.81. The second-order valence-corrected chi connectivity index (χ2v) is 7.46. The Morgan fingerprint density at radius 1 is 0.818 bits per heavy atom. The molecule has 6 rings (SSSR count). The SMILES string of the molecule is Oc1cncc(-c2cnc3[nH]nc(-c4nc5c(-c6cc(O)cc(F)c6)ccnc5[nH]4)c3c2)c1. The van der Waals surface area contributed by atoms with Crippen LogP contribution >= 0.6 is 0 Å². The highest BCUT2D eigenvalue weighted by atomic mass is 19.1. The Morgan fingerprint density at radius 3 is 2.52 bits per heavy atom. The van der Waals surface area contributed by atoms with Crippen molar-refractivity contribution in [1.29, 1.82) is 0 Å². The first-order valence-corrected chi connectivity index (χ1v) is 9.89. The van der Waals surface area contributed by atoms with Crippen LogP contribution in [0.4, 0.5) is 4.39 Å². The minimum atomic E-state index is -0.552. The van der Waals surface area contributed by atoms with Gasteiger partial charge in [-0.05, 0) is 35.9 Å². The fraction of sp³-hybridized carbons (Fsp3) is 0. The number of aromatic nitrogens is 7. The van der Waals surface area contributed by atoms with E-state index in [1.54, 1.807) is 30.7 Å². The lowest BCUT2D eigenvalue weighted by molar-refractivity contribution is 0.469. The maximum Gasteiger partial charge on any atom is 0.161 e. The molecule has 1 aromatic carbocycles. The summed E-state index contributed by atoms with van der Waals surface area (Å²) in [6.07, 6.45) is 6.23. The Morgan fingerprint density at radius 2 is 1.67 bits per heavy atom. The molecule has 0 unspecified atom stereocenters.